The van der Waals surface area contributed by atoms with E-state index in [1.807, 2.05) is 66.4 Å². The number of hydrogen-bond acceptors (Lipinski definition) is 4. The standard InChI is InChI=1S/C40H50FNO4/c1-3-46-32-17-14-28(15-18-32)39(45)42(26-27-11-7-6-8-12-27)22-10-5-4-9-13-29-23-30-24-31(43)16-19-33(30)38-35(41)25-40(2)34(37(29)38)20-21-36(40)44/h6-8,11-12,14-19,24,29,34-38,43-44H,3-5,9-10,13,20-23,25-26H2,1-2H3/t29?,34?,35?,36?,37?,38?,40-/m0/s1. The van der Waals surface area contributed by atoms with Crippen LogP contribution in [0.5, 0.6) is 11.5 Å². The fourth-order valence-electron chi connectivity index (χ4n) is 9.20. The number of phenols is 1. The number of amides is 1. The summed E-state index contributed by atoms with van der Waals surface area (Å²) in [5.41, 5.74) is 3.60. The number of phenolic OH excluding ortho intramolecular Hbond substituents is 1. The topological polar surface area (TPSA) is 70.0 Å². The van der Waals surface area contributed by atoms with Crippen LogP contribution in [-0.4, -0.2) is 46.4 Å². The number of benzene rings is 3. The summed E-state index contributed by atoms with van der Waals surface area (Å²) in [6.07, 6.45) is 6.67. The van der Waals surface area contributed by atoms with Gasteiger partial charge in [-0.2, -0.15) is 0 Å². The largest absolute Gasteiger partial charge is 0.508 e. The predicted octanol–water partition coefficient (Wildman–Crippen LogP) is 8.48. The maximum atomic E-state index is 16.1. The first-order valence-electron chi connectivity index (χ1n) is 17.5. The summed E-state index contributed by atoms with van der Waals surface area (Å²) in [6, 6.07) is 23.1. The summed E-state index contributed by atoms with van der Waals surface area (Å²) in [7, 11) is 0. The van der Waals surface area contributed by atoms with Gasteiger partial charge in [-0.15, -0.1) is 0 Å². The second-order valence-corrected chi connectivity index (χ2v) is 14.2. The highest BCUT2D eigenvalue weighted by molar-refractivity contribution is 5.94. The van der Waals surface area contributed by atoms with Crippen molar-refractivity contribution >= 4 is 5.91 Å². The van der Waals surface area contributed by atoms with Crippen molar-refractivity contribution in [2.75, 3.05) is 13.2 Å². The second kappa shape index (κ2) is 14.2. The van der Waals surface area contributed by atoms with Crippen LogP contribution in [-0.2, 0) is 13.0 Å². The van der Waals surface area contributed by atoms with Gasteiger partial charge in [0.05, 0.1) is 12.7 Å². The number of aromatic hydroxyl groups is 1. The van der Waals surface area contributed by atoms with Crippen molar-refractivity contribution in [1.82, 2.24) is 4.90 Å². The molecule has 6 unspecified atom stereocenters. The molecule has 7 atom stereocenters. The number of ether oxygens (including phenoxy) is 1. The molecule has 2 saturated carbocycles. The zero-order chi connectivity index (χ0) is 32.3. The third kappa shape index (κ3) is 6.69. The minimum atomic E-state index is -0.978. The Morgan fingerprint density at radius 3 is 2.52 bits per heavy atom. The number of alkyl halides is 1. The number of hydrogen-bond donors (Lipinski definition) is 2. The van der Waals surface area contributed by atoms with Crippen molar-refractivity contribution in [3.8, 4) is 11.5 Å². The molecule has 2 fully saturated rings. The van der Waals surface area contributed by atoms with Crippen LogP contribution >= 0.6 is 0 Å². The minimum absolute atomic E-state index is 0.0296. The van der Waals surface area contributed by atoms with Gasteiger partial charge >= 0.3 is 0 Å². The van der Waals surface area contributed by atoms with Crippen LogP contribution in [0.2, 0.25) is 0 Å². The van der Waals surface area contributed by atoms with E-state index in [9.17, 15) is 15.0 Å². The van der Waals surface area contributed by atoms with E-state index in [1.54, 1.807) is 6.07 Å². The number of carbonyl (C=O) groups excluding carboxylic acids is 1. The average molecular weight is 628 g/mol. The van der Waals surface area contributed by atoms with Crippen LogP contribution in [0, 0.1) is 23.2 Å². The molecule has 3 aliphatic rings. The Morgan fingerprint density at radius 1 is 1.00 bits per heavy atom. The van der Waals surface area contributed by atoms with Gasteiger partial charge in [0.2, 0.25) is 0 Å². The lowest BCUT2D eigenvalue weighted by Crippen LogP contribution is -2.51. The molecule has 0 bridgehead atoms. The zero-order valence-corrected chi connectivity index (χ0v) is 27.4. The molecule has 0 saturated heterocycles. The maximum Gasteiger partial charge on any atom is 0.254 e. The zero-order valence-electron chi connectivity index (χ0n) is 27.4. The van der Waals surface area contributed by atoms with E-state index in [0.717, 1.165) is 73.8 Å². The van der Waals surface area contributed by atoms with Crippen LogP contribution in [0.25, 0.3) is 0 Å². The van der Waals surface area contributed by atoms with Gasteiger partial charge in [0.25, 0.3) is 5.91 Å². The van der Waals surface area contributed by atoms with E-state index in [-0.39, 0.29) is 28.9 Å². The fourth-order valence-corrected chi connectivity index (χ4v) is 9.20. The van der Waals surface area contributed by atoms with Gasteiger partial charge in [-0.1, -0.05) is 62.6 Å². The molecule has 246 valence electrons. The van der Waals surface area contributed by atoms with Crippen LogP contribution < -0.4 is 4.74 Å². The molecule has 3 aromatic carbocycles. The quantitative estimate of drug-likeness (QED) is 0.198. The number of halogens is 1. The van der Waals surface area contributed by atoms with E-state index >= 15 is 4.39 Å². The maximum absolute atomic E-state index is 16.1. The molecule has 1 amide bonds. The Kier molecular flexibility index (Phi) is 10.0. The molecular weight excluding hydrogens is 577 g/mol. The first kappa shape index (κ1) is 32.6. The van der Waals surface area contributed by atoms with Gasteiger partial charge in [0.15, 0.2) is 0 Å². The Hall–Kier alpha value is -3.38. The van der Waals surface area contributed by atoms with Crippen molar-refractivity contribution in [3.63, 3.8) is 0 Å². The normalized spacial score (nSPS) is 28.2. The molecular formula is C40H50FNO4. The number of fused-ring (bicyclic) bond motifs is 5. The van der Waals surface area contributed by atoms with Gasteiger partial charge in [-0.25, -0.2) is 4.39 Å². The number of aliphatic hydroxyl groups excluding tert-OH is 1. The molecule has 0 spiro atoms. The number of nitrogens with zero attached hydrogens (tertiary/aromatic N) is 1. The summed E-state index contributed by atoms with van der Waals surface area (Å²) in [5.74, 6) is 1.77. The molecule has 6 heteroatoms. The number of rotatable bonds is 12. The molecule has 46 heavy (non-hydrogen) atoms. The lowest BCUT2D eigenvalue weighted by atomic mass is 9.51. The van der Waals surface area contributed by atoms with Crippen LogP contribution in [0.4, 0.5) is 4.39 Å². The summed E-state index contributed by atoms with van der Waals surface area (Å²) in [6.45, 7) is 5.91. The molecule has 3 aromatic rings. The second-order valence-electron chi connectivity index (χ2n) is 14.2. The number of aliphatic hydroxyl groups is 1. The highest BCUT2D eigenvalue weighted by Crippen LogP contribution is 2.63. The Balaban J connectivity index is 1.09. The van der Waals surface area contributed by atoms with Crippen molar-refractivity contribution in [2.24, 2.45) is 23.2 Å². The fraction of sp³-hybridized carbons (Fsp3) is 0.525. The van der Waals surface area contributed by atoms with E-state index in [4.69, 9.17) is 4.74 Å². The minimum Gasteiger partial charge on any atom is -0.508 e. The molecule has 3 aliphatic carbocycles. The van der Waals surface area contributed by atoms with E-state index < -0.39 is 12.3 Å². The van der Waals surface area contributed by atoms with Gasteiger partial charge in [0.1, 0.15) is 17.7 Å². The van der Waals surface area contributed by atoms with E-state index in [1.165, 1.54) is 0 Å². The monoisotopic (exact) mass is 627 g/mol. The van der Waals surface area contributed by atoms with Crippen molar-refractivity contribution in [2.45, 2.75) is 96.4 Å². The average Bonchev–Trinajstić information content (AvgIpc) is 3.35. The molecule has 0 heterocycles. The smallest absolute Gasteiger partial charge is 0.254 e. The summed E-state index contributed by atoms with van der Waals surface area (Å²) in [5, 5.41) is 21.2. The molecule has 0 aromatic heterocycles. The first-order valence-corrected chi connectivity index (χ1v) is 17.5. The van der Waals surface area contributed by atoms with Crippen molar-refractivity contribution < 1.29 is 24.1 Å². The van der Waals surface area contributed by atoms with Crippen molar-refractivity contribution in [3.05, 3.63) is 95.1 Å². The van der Waals surface area contributed by atoms with Crippen LogP contribution in [0.15, 0.2) is 72.8 Å². The molecule has 2 N–H and O–H groups in total. The highest BCUT2D eigenvalue weighted by atomic mass is 19.1. The van der Waals surface area contributed by atoms with Crippen LogP contribution in [0.3, 0.4) is 0 Å². The first-order chi connectivity index (χ1) is 22.3. The summed E-state index contributed by atoms with van der Waals surface area (Å²) in [4.78, 5) is 15.5. The van der Waals surface area contributed by atoms with Crippen molar-refractivity contribution in [1.29, 1.82) is 0 Å². The van der Waals surface area contributed by atoms with Gasteiger partial charge in [-0.3, -0.25) is 4.79 Å². The van der Waals surface area contributed by atoms with Gasteiger partial charge in [0, 0.05) is 24.6 Å². The number of unbranched alkanes of at least 4 members (excludes halogenated alkanes) is 3. The lowest BCUT2D eigenvalue weighted by molar-refractivity contribution is -0.0722. The Morgan fingerprint density at radius 2 is 1.76 bits per heavy atom. The van der Waals surface area contributed by atoms with Crippen LogP contribution in [0.1, 0.15) is 98.2 Å². The molecule has 0 aliphatic heterocycles. The highest BCUT2D eigenvalue weighted by Gasteiger charge is 2.59. The Labute approximate surface area is 273 Å². The Bertz CT molecular complexity index is 1460. The lowest BCUT2D eigenvalue weighted by Gasteiger charge is -2.54. The summed E-state index contributed by atoms with van der Waals surface area (Å²) < 4.78 is 21.6. The third-order valence-electron chi connectivity index (χ3n) is 11.4. The predicted molar refractivity (Wildman–Crippen MR) is 180 cm³/mol. The summed E-state index contributed by atoms with van der Waals surface area (Å²) >= 11 is 0. The van der Waals surface area contributed by atoms with E-state index in [0.29, 0.717) is 43.5 Å². The molecule has 6 rings (SSSR count). The van der Waals surface area contributed by atoms with Gasteiger partial charge < -0.3 is 19.8 Å². The molecule has 5 nitrogen and oxygen atoms in total. The number of carbonyl (C=O) groups is 1. The molecule has 0 radical (unpaired) electrons. The SMILES string of the molecule is CCOc1ccc(C(=O)N(CCCCCCC2Cc3cc(O)ccc3C3C(F)C[C@]4(C)C(O)CCC4C23)Cc2ccccc2)cc1. The van der Waals surface area contributed by atoms with Gasteiger partial charge in [-0.05, 0) is 122 Å². The van der Waals surface area contributed by atoms with E-state index in [2.05, 4.69) is 19.1 Å². The third-order valence-corrected chi connectivity index (χ3v) is 11.4.